The molecular formula is C13H18N4OS. The van der Waals surface area contributed by atoms with Gasteiger partial charge < -0.3 is 16.4 Å². The third-order valence-electron chi connectivity index (χ3n) is 2.67. The second-order valence-electron chi connectivity index (χ2n) is 4.69. The van der Waals surface area contributed by atoms with E-state index in [9.17, 15) is 4.79 Å². The Balaban J connectivity index is 1.93. The summed E-state index contributed by atoms with van der Waals surface area (Å²) < 4.78 is 0. The highest BCUT2D eigenvalue weighted by molar-refractivity contribution is 8.03. The number of nitrogens with one attached hydrogen (secondary N) is 2. The Hall–Kier alpha value is -1.69. The molecule has 4 N–H and O–H groups in total. The highest BCUT2D eigenvalue weighted by Crippen LogP contribution is 2.24. The number of aromatic nitrogens is 1. The molecule has 1 atom stereocenters. The smallest absolute Gasteiger partial charge is 0.223 e. The largest absolute Gasteiger partial charge is 0.369 e. The van der Waals surface area contributed by atoms with E-state index >= 15 is 0 Å². The lowest BCUT2D eigenvalue weighted by atomic mass is 10.1. The zero-order chi connectivity index (χ0) is 13.8. The first-order valence-corrected chi connectivity index (χ1v) is 7.11. The average Bonchev–Trinajstić information content (AvgIpc) is 2.76. The van der Waals surface area contributed by atoms with Crippen LogP contribution in [0.3, 0.4) is 0 Å². The molecule has 1 aliphatic rings. The summed E-state index contributed by atoms with van der Waals surface area (Å²) in [4.78, 5) is 15.4. The fourth-order valence-electron chi connectivity index (χ4n) is 1.72. The van der Waals surface area contributed by atoms with Crippen LogP contribution in [0.4, 0.5) is 5.82 Å². The summed E-state index contributed by atoms with van der Waals surface area (Å²) in [6, 6.07) is 5.93. The molecule has 102 valence electrons. The SMILES string of the molecule is CC(C)c1cccc(NC2NC(CC(N)=O)=CS2)n1. The van der Waals surface area contributed by atoms with Crippen LogP contribution in [0.25, 0.3) is 0 Å². The zero-order valence-electron chi connectivity index (χ0n) is 11.0. The first-order valence-electron chi connectivity index (χ1n) is 6.17. The number of rotatable bonds is 5. The van der Waals surface area contributed by atoms with E-state index in [-0.39, 0.29) is 17.8 Å². The molecule has 0 aliphatic carbocycles. The van der Waals surface area contributed by atoms with Crippen molar-refractivity contribution in [3.8, 4) is 0 Å². The summed E-state index contributed by atoms with van der Waals surface area (Å²) in [5, 5.41) is 8.38. The molecule has 6 heteroatoms. The number of nitrogens with zero attached hydrogens (tertiary/aromatic N) is 1. The molecule has 1 aromatic rings. The van der Waals surface area contributed by atoms with Gasteiger partial charge in [-0.05, 0) is 23.5 Å². The Morgan fingerprint density at radius 1 is 1.58 bits per heavy atom. The minimum atomic E-state index is -0.333. The topological polar surface area (TPSA) is 80.0 Å². The van der Waals surface area contributed by atoms with Gasteiger partial charge in [0, 0.05) is 11.4 Å². The zero-order valence-corrected chi connectivity index (χ0v) is 11.8. The number of amides is 1. The van der Waals surface area contributed by atoms with Crippen LogP contribution in [0, 0.1) is 0 Å². The van der Waals surface area contributed by atoms with Gasteiger partial charge in [-0.25, -0.2) is 4.98 Å². The van der Waals surface area contributed by atoms with Crippen LogP contribution in [-0.2, 0) is 4.79 Å². The maximum absolute atomic E-state index is 10.8. The van der Waals surface area contributed by atoms with Crippen LogP contribution in [0.2, 0.25) is 0 Å². The molecule has 5 nitrogen and oxygen atoms in total. The molecule has 0 saturated carbocycles. The number of nitrogens with two attached hydrogens (primary N) is 1. The highest BCUT2D eigenvalue weighted by Gasteiger charge is 2.17. The van der Waals surface area contributed by atoms with E-state index in [0.29, 0.717) is 5.92 Å². The van der Waals surface area contributed by atoms with Gasteiger partial charge in [-0.1, -0.05) is 31.7 Å². The molecule has 2 heterocycles. The van der Waals surface area contributed by atoms with Crippen molar-refractivity contribution < 1.29 is 4.79 Å². The van der Waals surface area contributed by atoms with E-state index in [1.165, 1.54) is 0 Å². The van der Waals surface area contributed by atoms with Crippen molar-refractivity contribution in [1.82, 2.24) is 10.3 Å². The van der Waals surface area contributed by atoms with E-state index < -0.39 is 0 Å². The normalized spacial score (nSPS) is 18.1. The Labute approximate surface area is 117 Å². The van der Waals surface area contributed by atoms with Gasteiger partial charge in [0.1, 0.15) is 5.82 Å². The lowest BCUT2D eigenvalue weighted by Crippen LogP contribution is -2.30. The van der Waals surface area contributed by atoms with Crippen LogP contribution in [0.5, 0.6) is 0 Å². The minimum absolute atomic E-state index is 0.00994. The summed E-state index contributed by atoms with van der Waals surface area (Å²) in [5.74, 6) is 0.888. The number of thioether (sulfide) groups is 1. The second kappa shape index (κ2) is 5.97. The minimum Gasteiger partial charge on any atom is -0.369 e. The molecule has 1 aliphatic heterocycles. The predicted molar refractivity (Wildman–Crippen MR) is 78.4 cm³/mol. The summed E-state index contributed by atoms with van der Waals surface area (Å²) in [6.07, 6.45) is 0.241. The molecule has 1 aromatic heterocycles. The third kappa shape index (κ3) is 3.89. The van der Waals surface area contributed by atoms with Crippen LogP contribution in [0.1, 0.15) is 31.9 Å². The first kappa shape index (κ1) is 13.7. The number of hydrogen-bond donors (Lipinski definition) is 3. The van der Waals surface area contributed by atoms with Crippen molar-refractivity contribution in [2.75, 3.05) is 5.32 Å². The number of hydrogen-bond acceptors (Lipinski definition) is 5. The van der Waals surface area contributed by atoms with Gasteiger partial charge in [-0.3, -0.25) is 4.79 Å². The first-order chi connectivity index (χ1) is 9.04. The maximum atomic E-state index is 10.8. The Morgan fingerprint density at radius 3 is 3.05 bits per heavy atom. The lowest BCUT2D eigenvalue weighted by Gasteiger charge is -2.16. The van der Waals surface area contributed by atoms with Gasteiger partial charge in [0.25, 0.3) is 0 Å². The van der Waals surface area contributed by atoms with Crippen LogP contribution in [-0.4, -0.2) is 16.4 Å². The molecule has 19 heavy (non-hydrogen) atoms. The van der Waals surface area contributed by atoms with Gasteiger partial charge in [-0.15, -0.1) is 0 Å². The monoisotopic (exact) mass is 278 g/mol. The van der Waals surface area contributed by atoms with Gasteiger partial charge in [0.05, 0.1) is 6.42 Å². The lowest BCUT2D eigenvalue weighted by molar-refractivity contribution is -0.117. The van der Waals surface area contributed by atoms with Gasteiger partial charge in [0.15, 0.2) is 5.50 Å². The van der Waals surface area contributed by atoms with Crippen LogP contribution >= 0.6 is 11.8 Å². The predicted octanol–water partition coefficient (Wildman–Crippen LogP) is 1.95. The number of anilines is 1. The van der Waals surface area contributed by atoms with Gasteiger partial charge in [-0.2, -0.15) is 0 Å². The van der Waals surface area contributed by atoms with Crippen LogP contribution in [0.15, 0.2) is 29.3 Å². The Morgan fingerprint density at radius 2 is 2.37 bits per heavy atom. The van der Waals surface area contributed by atoms with Crippen molar-refractivity contribution in [2.24, 2.45) is 5.73 Å². The van der Waals surface area contributed by atoms with Crippen LogP contribution < -0.4 is 16.4 Å². The molecule has 0 radical (unpaired) electrons. The second-order valence-corrected chi connectivity index (χ2v) is 5.67. The number of primary amides is 1. The van der Waals surface area contributed by atoms with Crippen molar-refractivity contribution in [2.45, 2.75) is 31.7 Å². The van der Waals surface area contributed by atoms with E-state index in [0.717, 1.165) is 17.2 Å². The molecule has 0 bridgehead atoms. The van der Waals surface area contributed by atoms with Crippen molar-refractivity contribution in [1.29, 1.82) is 0 Å². The molecule has 1 unspecified atom stereocenters. The van der Waals surface area contributed by atoms with Crippen molar-refractivity contribution in [3.05, 3.63) is 35.0 Å². The number of pyridine rings is 1. The molecule has 0 aromatic carbocycles. The third-order valence-corrected chi connectivity index (χ3v) is 3.60. The molecular weight excluding hydrogens is 260 g/mol. The quantitative estimate of drug-likeness (QED) is 0.767. The van der Waals surface area contributed by atoms with Crippen molar-refractivity contribution in [3.63, 3.8) is 0 Å². The molecule has 2 rings (SSSR count). The fourth-order valence-corrected chi connectivity index (χ4v) is 2.58. The summed E-state index contributed by atoms with van der Waals surface area (Å²) in [7, 11) is 0. The Kier molecular flexibility index (Phi) is 4.31. The van der Waals surface area contributed by atoms with Gasteiger partial charge in [0.2, 0.25) is 5.91 Å². The molecule has 0 fully saturated rings. The standard InChI is InChI=1S/C13H18N4OS/c1-8(2)10-4-3-5-12(16-10)17-13-15-9(7-19-13)6-11(14)18/h3-5,7-8,13,15H,6H2,1-2H3,(H2,14,18)(H,16,17). The number of carbonyl (C=O) groups excluding carboxylic acids is 1. The van der Waals surface area contributed by atoms with Crippen molar-refractivity contribution >= 4 is 23.5 Å². The number of carbonyl (C=O) groups is 1. The molecule has 0 spiro atoms. The summed E-state index contributed by atoms with van der Waals surface area (Å²) in [5.41, 5.74) is 7.05. The van der Waals surface area contributed by atoms with E-state index in [1.54, 1.807) is 11.8 Å². The summed E-state index contributed by atoms with van der Waals surface area (Å²) in [6.45, 7) is 4.22. The highest BCUT2D eigenvalue weighted by atomic mass is 32.2. The Bertz CT molecular complexity index is 501. The molecule has 0 saturated heterocycles. The average molecular weight is 278 g/mol. The van der Waals surface area contributed by atoms with Gasteiger partial charge >= 0.3 is 0 Å². The van der Waals surface area contributed by atoms with E-state index in [4.69, 9.17) is 5.73 Å². The molecule has 1 amide bonds. The fraction of sp³-hybridized carbons (Fsp3) is 0.385. The summed E-state index contributed by atoms with van der Waals surface area (Å²) >= 11 is 1.57. The van der Waals surface area contributed by atoms with E-state index in [1.807, 2.05) is 23.6 Å². The van der Waals surface area contributed by atoms with E-state index in [2.05, 4.69) is 29.5 Å². The maximum Gasteiger partial charge on any atom is 0.223 e.